The highest BCUT2D eigenvalue weighted by Crippen LogP contribution is 2.15. The molecule has 7 nitrogen and oxygen atoms in total. The summed E-state index contributed by atoms with van der Waals surface area (Å²) in [6.45, 7) is 0. The molecular weight excluding hydrogens is 288 g/mol. The SMILES string of the molecule is O=C(Nc1ccc(C(=O)O)cc1)C(=O)Nc1cccc(O)c1. The number of phenols is 1. The molecule has 2 aromatic carbocycles. The van der Waals surface area contributed by atoms with Crippen LogP contribution >= 0.6 is 0 Å². The van der Waals surface area contributed by atoms with Crippen LogP contribution in [0, 0.1) is 0 Å². The molecule has 2 aromatic rings. The van der Waals surface area contributed by atoms with E-state index in [1.54, 1.807) is 0 Å². The Morgan fingerprint density at radius 3 is 1.95 bits per heavy atom. The van der Waals surface area contributed by atoms with E-state index in [9.17, 15) is 19.5 Å². The summed E-state index contributed by atoms with van der Waals surface area (Å²) in [4.78, 5) is 34.1. The van der Waals surface area contributed by atoms with E-state index in [4.69, 9.17) is 5.11 Å². The molecule has 0 atom stereocenters. The van der Waals surface area contributed by atoms with Gasteiger partial charge in [0.1, 0.15) is 5.75 Å². The molecule has 0 heterocycles. The number of benzene rings is 2. The van der Waals surface area contributed by atoms with E-state index in [1.807, 2.05) is 0 Å². The van der Waals surface area contributed by atoms with Gasteiger partial charge in [-0.1, -0.05) is 6.07 Å². The third-order valence-electron chi connectivity index (χ3n) is 2.70. The summed E-state index contributed by atoms with van der Waals surface area (Å²) in [5.41, 5.74) is 0.643. The summed E-state index contributed by atoms with van der Waals surface area (Å²) < 4.78 is 0. The van der Waals surface area contributed by atoms with Gasteiger partial charge in [-0.3, -0.25) is 9.59 Å². The molecule has 0 aliphatic carbocycles. The van der Waals surface area contributed by atoms with Crippen molar-refractivity contribution in [1.82, 2.24) is 0 Å². The molecule has 0 saturated carbocycles. The minimum absolute atomic E-state index is 0.0394. The molecule has 0 aromatic heterocycles. The van der Waals surface area contributed by atoms with Gasteiger partial charge in [0.2, 0.25) is 0 Å². The van der Waals surface area contributed by atoms with Gasteiger partial charge in [0.25, 0.3) is 0 Å². The first-order valence-corrected chi connectivity index (χ1v) is 6.20. The van der Waals surface area contributed by atoms with E-state index in [0.717, 1.165) is 0 Å². The van der Waals surface area contributed by atoms with Gasteiger partial charge < -0.3 is 20.8 Å². The summed E-state index contributed by atoms with van der Waals surface area (Å²) >= 11 is 0. The topological polar surface area (TPSA) is 116 Å². The van der Waals surface area contributed by atoms with Crippen molar-refractivity contribution in [3.63, 3.8) is 0 Å². The average Bonchev–Trinajstić information content (AvgIpc) is 2.47. The van der Waals surface area contributed by atoms with E-state index in [-0.39, 0.29) is 17.0 Å². The molecule has 2 amide bonds. The lowest BCUT2D eigenvalue weighted by Crippen LogP contribution is -2.29. The fourth-order valence-corrected chi connectivity index (χ4v) is 1.66. The number of aromatic carboxylic acids is 1. The molecule has 0 bridgehead atoms. The zero-order chi connectivity index (χ0) is 16.1. The highest BCUT2D eigenvalue weighted by atomic mass is 16.4. The lowest BCUT2D eigenvalue weighted by atomic mass is 10.2. The van der Waals surface area contributed by atoms with Gasteiger partial charge >= 0.3 is 17.8 Å². The number of amides is 2. The van der Waals surface area contributed by atoms with Gasteiger partial charge in [-0.15, -0.1) is 0 Å². The van der Waals surface area contributed by atoms with E-state index in [1.165, 1.54) is 48.5 Å². The van der Waals surface area contributed by atoms with Crippen molar-refractivity contribution in [2.75, 3.05) is 10.6 Å². The summed E-state index contributed by atoms with van der Waals surface area (Å²) in [5.74, 6) is -2.94. The maximum absolute atomic E-state index is 11.7. The van der Waals surface area contributed by atoms with E-state index < -0.39 is 17.8 Å². The smallest absolute Gasteiger partial charge is 0.335 e. The van der Waals surface area contributed by atoms with Crippen molar-refractivity contribution in [1.29, 1.82) is 0 Å². The molecule has 0 aliphatic heterocycles. The van der Waals surface area contributed by atoms with Gasteiger partial charge in [0.15, 0.2) is 0 Å². The van der Waals surface area contributed by atoms with Gasteiger partial charge in [-0.2, -0.15) is 0 Å². The number of nitrogens with one attached hydrogen (secondary N) is 2. The Labute approximate surface area is 125 Å². The van der Waals surface area contributed by atoms with Crippen LogP contribution in [0.4, 0.5) is 11.4 Å². The molecule has 4 N–H and O–H groups in total. The van der Waals surface area contributed by atoms with E-state index in [2.05, 4.69) is 10.6 Å². The molecular formula is C15H12N2O5. The minimum atomic E-state index is -1.08. The number of carbonyl (C=O) groups excluding carboxylic acids is 2. The number of hydrogen-bond donors (Lipinski definition) is 4. The van der Waals surface area contributed by atoms with Crippen LogP contribution < -0.4 is 10.6 Å². The molecule has 0 aliphatic rings. The van der Waals surface area contributed by atoms with Gasteiger partial charge in [-0.25, -0.2) is 4.79 Å². The quantitative estimate of drug-likeness (QED) is 0.643. The second kappa shape index (κ2) is 6.40. The number of phenolic OH excluding ortho intramolecular Hbond substituents is 1. The Kier molecular flexibility index (Phi) is 4.38. The largest absolute Gasteiger partial charge is 0.508 e. The van der Waals surface area contributed by atoms with Crippen molar-refractivity contribution >= 4 is 29.2 Å². The molecule has 0 fully saturated rings. The van der Waals surface area contributed by atoms with Crippen molar-refractivity contribution in [3.05, 3.63) is 54.1 Å². The van der Waals surface area contributed by atoms with Crippen LogP contribution in [-0.2, 0) is 9.59 Å². The van der Waals surface area contributed by atoms with Crippen molar-refractivity contribution < 1.29 is 24.6 Å². The summed E-state index contributed by atoms with van der Waals surface area (Å²) in [6, 6.07) is 11.1. The highest BCUT2D eigenvalue weighted by molar-refractivity contribution is 6.43. The minimum Gasteiger partial charge on any atom is -0.508 e. The summed E-state index contributed by atoms with van der Waals surface area (Å²) in [6.07, 6.45) is 0. The number of carbonyl (C=O) groups is 3. The van der Waals surface area contributed by atoms with Crippen LogP contribution in [-0.4, -0.2) is 28.0 Å². The highest BCUT2D eigenvalue weighted by Gasteiger charge is 2.14. The number of carboxylic acids is 1. The van der Waals surface area contributed by atoms with Gasteiger partial charge in [0, 0.05) is 17.4 Å². The second-order valence-corrected chi connectivity index (χ2v) is 4.34. The number of anilines is 2. The lowest BCUT2D eigenvalue weighted by Gasteiger charge is -2.07. The standard InChI is InChI=1S/C15H12N2O5/c18-12-3-1-2-11(8-12)17-14(20)13(19)16-10-6-4-9(5-7-10)15(21)22/h1-8,18H,(H,16,19)(H,17,20)(H,21,22). The first kappa shape index (κ1) is 15.0. The number of carboxylic acid groups (broad SMARTS) is 1. The average molecular weight is 300 g/mol. The Morgan fingerprint density at radius 2 is 1.41 bits per heavy atom. The zero-order valence-electron chi connectivity index (χ0n) is 11.2. The number of aromatic hydroxyl groups is 1. The van der Waals surface area contributed by atoms with E-state index in [0.29, 0.717) is 5.69 Å². The molecule has 0 radical (unpaired) electrons. The van der Waals surface area contributed by atoms with Crippen molar-refractivity contribution in [2.24, 2.45) is 0 Å². The Morgan fingerprint density at radius 1 is 0.818 bits per heavy atom. The maximum Gasteiger partial charge on any atom is 0.335 e. The number of rotatable bonds is 3. The molecule has 22 heavy (non-hydrogen) atoms. The Balaban J connectivity index is 1.99. The van der Waals surface area contributed by atoms with Crippen molar-refractivity contribution in [3.8, 4) is 5.75 Å². The normalized spacial score (nSPS) is 9.82. The van der Waals surface area contributed by atoms with Crippen molar-refractivity contribution in [2.45, 2.75) is 0 Å². The molecule has 2 rings (SSSR count). The fraction of sp³-hybridized carbons (Fsp3) is 0. The van der Waals surface area contributed by atoms with Gasteiger partial charge in [-0.05, 0) is 36.4 Å². The molecule has 0 saturated heterocycles. The molecule has 0 spiro atoms. The number of hydrogen-bond acceptors (Lipinski definition) is 4. The third-order valence-corrected chi connectivity index (χ3v) is 2.70. The summed E-state index contributed by atoms with van der Waals surface area (Å²) in [7, 11) is 0. The first-order valence-electron chi connectivity index (χ1n) is 6.20. The molecule has 0 unspecified atom stereocenters. The fourth-order valence-electron chi connectivity index (χ4n) is 1.66. The lowest BCUT2D eigenvalue weighted by molar-refractivity contribution is -0.132. The first-order chi connectivity index (χ1) is 10.5. The molecule has 7 heteroatoms. The predicted molar refractivity (Wildman–Crippen MR) is 78.8 cm³/mol. The van der Waals surface area contributed by atoms with Crippen LogP contribution in [0.3, 0.4) is 0 Å². The van der Waals surface area contributed by atoms with Crippen LogP contribution in [0.1, 0.15) is 10.4 Å². The van der Waals surface area contributed by atoms with Crippen LogP contribution in [0.25, 0.3) is 0 Å². The monoisotopic (exact) mass is 300 g/mol. The van der Waals surface area contributed by atoms with Gasteiger partial charge in [0.05, 0.1) is 5.56 Å². The maximum atomic E-state index is 11.7. The summed E-state index contributed by atoms with van der Waals surface area (Å²) in [5, 5.41) is 22.7. The van der Waals surface area contributed by atoms with E-state index >= 15 is 0 Å². The zero-order valence-corrected chi connectivity index (χ0v) is 11.2. The predicted octanol–water partition coefficient (Wildman–Crippen LogP) is 1.67. The second-order valence-electron chi connectivity index (χ2n) is 4.34. The van der Waals surface area contributed by atoms with Crippen LogP contribution in [0.2, 0.25) is 0 Å². The van der Waals surface area contributed by atoms with Crippen LogP contribution in [0.15, 0.2) is 48.5 Å². The van der Waals surface area contributed by atoms with Crippen LogP contribution in [0.5, 0.6) is 5.75 Å². The Hall–Kier alpha value is -3.35. The third kappa shape index (κ3) is 3.83. The Bertz CT molecular complexity index is 725. The molecule has 112 valence electrons.